The molecule has 0 aliphatic carbocycles. The third kappa shape index (κ3) is 2.78. The molecule has 5 nitrogen and oxygen atoms in total. The van der Waals surface area contributed by atoms with Gasteiger partial charge in [-0.2, -0.15) is 10.2 Å². The van der Waals surface area contributed by atoms with Crippen LogP contribution >= 0.6 is 11.8 Å². The summed E-state index contributed by atoms with van der Waals surface area (Å²) in [5, 5.41) is 12.5. The Bertz CT molecular complexity index is 635. The van der Waals surface area contributed by atoms with Gasteiger partial charge < -0.3 is 9.26 Å². The van der Waals surface area contributed by atoms with E-state index in [9.17, 15) is 0 Å². The molecule has 0 amide bonds. The Hall–Kier alpha value is -2.00. The second kappa shape index (κ2) is 5.97. The summed E-state index contributed by atoms with van der Waals surface area (Å²) in [6.07, 6.45) is 1.70. The second-order valence-electron chi connectivity index (χ2n) is 4.42. The van der Waals surface area contributed by atoms with Crippen LogP contribution in [0.1, 0.15) is 30.7 Å². The molecule has 2 aromatic rings. The predicted octanol–water partition coefficient (Wildman–Crippen LogP) is 3.14. The molecular formula is C14H13N3O2S. The molecule has 0 N–H and O–H groups in total. The average Bonchev–Trinajstić information content (AvgIpc) is 2.96. The number of nitrogens with zero attached hydrogens (tertiary/aromatic N) is 3. The molecule has 20 heavy (non-hydrogen) atoms. The first kappa shape index (κ1) is 13.0. The maximum Gasteiger partial charge on any atom is 0.226 e. The minimum atomic E-state index is -0.177. The van der Waals surface area contributed by atoms with Crippen molar-refractivity contribution in [1.29, 1.82) is 5.26 Å². The van der Waals surface area contributed by atoms with E-state index in [0.29, 0.717) is 24.6 Å². The summed E-state index contributed by atoms with van der Waals surface area (Å²) < 4.78 is 11.1. The number of aromatic nitrogens is 2. The van der Waals surface area contributed by atoms with Crippen molar-refractivity contribution in [3.63, 3.8) is 0 Å². The molecule has 1 atom stereocenters. The van der Waals surface area contributed by atoms with Gasteiger partial charge in [-0.3, -0.25) is 0 Å². The SMILES string of the molecule is N#CCCCc1nc(C2CSc3ccccc3O2)no1. The lowest BCUT2D eigenvalue weighted by atomic mass is 10.2. The standard InChI is InChI=1S/C14H13N3O2S/c15-8-4-3-7-13-16-14(17-19-13)11-9-20-12-6-2-1-5-10(12)18-11/h1-2,5-6,11H,3-4,7,9H2. The van der Waals surface area contributed by atoms with E-state index in [1.807, 2.05) is 24.3 Å². The summed E-state index contributed by atoms with van der Waals surface area (Å²) in [4.78, 5) is 5.49. The lowest BCUT2D eigenvalue weighted by molar-refractivity contribution is 0.205. The number of fused-ring (bicyclic) bond motifs is 1. The molecule has 2 heterocycles. The minimum absolute atomic E-state index is 0.177. The molecule has 0 fully saturated rings. The van der Waals surface area contributed by atoms with Crippen LogP contribution in [0.2, 0.25) is 0 Å². The number of hydrogen-bond acceptors (Lipinski definition) is 6. The van der Waals surface area contributed by atoms with Crippen LogP contribution in [0.25, 0.3) is 0 Å². The van der Waals surface area contributed by atoms with E-state index < -0.39 is 0 Å². The number of para-hydroxylation sites is 1. The molecule has 0 saturated carbocycles. The van der Waals surface area contributed by atoms with Crippen molar-refractivity contribution < 1.29 is 9.26 Å². The number of aryl methyl sites for hydroxylation is 1. The molecule has 0 bridgehead atoms. The van der Waals surface area contributed by atoms with Crippen molar-refractivity contribution in [2.75, 3.05) is 5.75 Å². The lowest BCUT2D eigenvalue weighted by Crippen LogP contribution is -2.16. The van der Waals surface area contributed by atoms with Gasteiger partial charge in [0.05, 0.1) is 6.07 Å². The Balaban J connectivity index is 1.67. The highest BCUT2D eigenvalue weighted by Crippen LogP contribution is 2.39. The average molecular weight is 287 g/mol. The number of thioether (sulfide) groups is 1. The van der Waals surface area contributed by atoms with Gasteiger partial charge in [0.25, 0.3) is 0 Å². The third-order valence-corrected chi connectivity index (χ3v) is 4.08. The van der Waals surface area contributed by atoms with E-state index >= 15 is 0 Å². The molecule has 1 unspecified atom stereocenters. The van der Waals surface area contributed by atoms with Crippen molar-refractivity contribution >= 4 is 11.8 Å². The molecule has 0 spiro atoms. The van der Waals surface area contributed by atoms with Gasteiger partial charge in [0, 0.05) is 23.5 Å². The first-order valence-corrected chi connectivity index (χ1v) is 7.43. The molecule has 0 saturated heterocycles. The quantitative estimate of drug-likeness (QED) is 0.804. The fraction of sp³-hybridized carbons (Fsp3) is 0.357. The Morgan fingerprint density at radius 3 is 3.20 bits per heavy atom. The van der Waals surface area contributed by atoms with E-state index in [4.69, 9.17) is 14.5 Å². The van der Waals surface area contributed by atoms with Gasteiger partial charge >= 0.3 is 0 Å². The van der Waals surface area contributed by atoms with Crippen LogP contribution in [0.4, 0.5) is 0 Å². The summed E-state index contributed by atoms with van der Waals surface area (Å²) in [5.41, 5.74) is 0. The van der Waals surface area contributed by atoms with Crippen LogP contribution in [0.15, 0.2) is 33.7 Å². The highest BCUT2D eigenvalue weighted by molar-refractivity contribution is 7.99. The number of nitriles is 1. The number of benzene rings is 1. The van der Waals surface area contributed by atoms with Crippen molar-refractivity contribution in [3.05, 3.63) is 36.0 Å². The van der Waals surface area contributed by atoms with Gasteiger partial charge in [-0.15, -0.1) is 11.8 Å². The van der Waals surface area contributed by atoms with Gasteiger partial charge in [0.2, 0.25) is 11.7 Å². The zero-order chi connectivity index (χ0) is 13.8. The van der Waals surface area contributed by atoms with Crippen LogP contribution in [0, 0.1) is 11.3 Å². The van der Waals surface area contributed by atoms with Crippen LogP contribution in [0.3, 0.4) is 0 Å². The molecule has 6 heteroatoms. The zero-order valence-electron chi connectivity index (χ0n) is 10.8. The number of ether oxygens (including phenoxy) is 1. The highest BCUT2D eigenvalue weighted by Gasteiger charge is 2.25. The predicted molar refractivity (Wildman–Crippen MR) is 73.4 cm³/mol. The first-order valence-electron chi connectivity index (χ1n) is 6.45. The van der Waals surface area contributed by atoms with Crippen molar-refractivity contribution in [3.8, 4) is 11.8 Å². The molecular weight excluding hydrogens is 274 g/mol. The van der Waals surface area contributed by atoms with E-state index in [-0.39, 0.29) is 6.10 Å². The van der Waals surface area contributed by atoms with Gasteiger partial charge in [-0.05, 0) is 18.6 Å². The fourth-order valence-electron chi connectivity index (χ4n) is 1.97. The summed E-state index contributed by atoms with van der Waals surface area (Å²) in [6, 6.07) is 10.0. The van der Waals surface area contributed by atoms with E-state index in [1.54, 1.807) is 11.8 Å². The highest BCUT2D eigenvalue weighted by atomic mass is 32.2. The molecule has 1 aliphatic heterocycles. The van der Waals surface area contributed by atoms with Crippen molar-refractivity contribution in [2.24, 2.45) is 0 Å². The number of hydrogen-bond donors (Lipinski definition) is 0. The molecule has 1 aromatic heterocycles. The van der Waals surface area contributed by atoms with Crippen molar-refractivity contribution in [1.82, 2.24) is 10.1 Å². The molecule has 0 radical (unpaired) electrons. The minimum Gasteiger partial charge on any atom is -0.480 e. The lowest BCUT2D eigenvalue weighted by Gasteiger charge is -2.22. The third-order valence-electron chi connectivity index (χ3n) is 2.96. The Labute approximate surface area is 120 Å². The van der Waals surface area contributed by atoms with Crippen LogP contribution in [-0.4, -0.2) is 15.9 Å². The number of rotatable bonds is 4. The monoisotopic (exact) mass is 287 g/mol. The van der Waals surface area contributed by atoms with E-state index in [0.717, 1.165) is 22.8 Å². The summed E-state index contributed by atoms with van der Waals surface area (Å²) in [6.45, 7) is 0. The van der Waals surface area contributed by atoms with Gasteiger partial charge in [0.1, 0.15) is 5.75 Å². The molecule has 3 rings (SSSR count). The maximum absolute atomic E-state index is 8.51. The van der Waals surface area contributed by atoms with Crippen LogP contribution < -0.4 is 4.74 Å². The molecule has 102 valence electrons. The summed E-state index contributed by atoms with van der Waals surface area (Å²) in [5.74, 6) is 2.79. The topological polar surface area (TPSA) is 71.9 Å². The fourth-order valence-corrected chi connectivity index (χ4v) is 2.95. The number of unbranched alkanes of at least 4 members (excludes halogenated alkanes) is 1. The Morgan fingerprint density at radius 1 is 1.40 bits per heavy atom. The van der Waals surface area contributed by atoms with Crippen LogP contribution in [-0.2, 0) is 6.42 Å². The smallest absolute Gasteiger partial charge is 0.226 e. The largest absolute Gasteiger partial charge is 0.480 e. The normalized spacial score (nSPS) is 17.1. The first-order chi connectivity index (χ1) is 9.86. The maximum atomic E-state index is 8.51. The van der Waals surface area contributed by atoms with Gasteiger partial charge in [-0.25, -0.2) is 0 Å². The summed E-state index contributed by atoms with van der Waals surface area (Å²) in [7, 11) is 0. The van der Waals surface area contributed by atoms with Crippen molar-refractivity contribution in [2.45, 2.75) is 30.3 Å². The van der Waals surface area contributed by atoms with Gasteiger partial charge in [0.15, 0.2) is 6.10 Å². The van der Waals surface area contributed by atoms with Gasteiger partial charge in [-0.1, -0.05) is 17.3 Å². The second-order valence-corrected chi connectivity index (χ2v) is 5.48. The van der Waals surface area contributed by atoms with E-state index in [2.05, 4.69) is 16.2 Å². The van der Waals surface area contributed by atoms with E-state index in [1.165, 1.54) is 0 Å². The zero-order valence-corrected chi connectivity index (χ0v) is 11.6. The molecule has 1 aliphatic rings. The van der Waals surface area contributed by atoms with Crippen LogP contribution in [0.5, 0.6) is 5.75 Å². The Kier molecular flexibility index (Phi) is 3.88. The molecule has 1 aromatic carbocycles. The summed E-state index contributed by atoms with van der Waals surface area (Å²) >= 11 is 1.73. The Morgan fingerprint density at radius 2 is 2.30 bits per heavy atom.